The van der Waals surface area contributed by atoms with Gasteiger partial charge in [-0.25, -0.2) is 0 Å². The number of nitrogens with one attached hydrogen (secondary N) is 1. The molecule has 0 saturated heterocycles. The first-order chi connectivity index (χ1) is 13.6. The van der Waals surface area contributed by atoms with Crippen LogP contribution in [0.25, 0.3) is 16.6 Å². The van der Waals surface area contributed by atoms with Gasteiger partial charge in [0.25, 0.3) is 0 Å². The number of halogens is 1. The lowest BCUT2D eigenvalue weighted by Gasteiger charge is -2.15. The SMILES string of the molecule is CCC(Sc1nncn2c1cc1occc12)C(=O)Nc1ccc(OC)c(Cl)c1. The summed E-state index contributed by atoms with van der Waals surface area (Å²) < 4.78 is 12.5. The second-order valence-electron chi connectivity index (χ2n) is 6.06. The quantitative estimate of drug-likeness (QED) is 0.461. The lowest BCUT2D eigenvalue weighted by atomic mass is 10.2. The van der Waals surface area contributed by atoms with Crippen molar-refractivity contribution in [2.24, 2.45) is 0 Å². The molecular formula is C19H17ClN4O3S. The number of ether oxygens (including phenoxy) is 1. The van der Waals surface area contributed by atoms with Crippen LogP contribution in [-0.4, -0.2) is 32.9 Å². The topological polar surface area (TPSA) is 81.7 Å². The molecule has 1 aromatic carbocycles. The van der Waals surface area contributed by atoms with E-state index in [1.165, 1.54) is 11.8 Å². The van der Waals surface area contributed by atoms with Crippen molar-refractivity contribution < 1.29 is 13.9 Å². The van der Waals surface area contributed by atoms with Crippen molar-refractivity contribution in [2.75, 3.05) is 12.4 Å². The van der Waals surface area contributed by atoms with Crippen LogP contribution >= 0.6 is 23.4 Å². The van der Waals surface area contributed by atoms with E-state index in [4.69, 9.17) is 20.8 Å². The minimum Gasteiger partial charge on any atom is -0.495 e. The molecule has 0 bridgehead atoms. The molecule has 0 fully saturated rings. The van der Waals surface area contributed by atoms with Crippen LogP contribution in [-0.2, 0) is 4.79 Å². The van der Waals surface area contributed by atoms with Crippen LogP contribution in [0.1, 0.15) is 13.3 Å². The Balaban J connectivity index is 1.56. The minimum absolute atomic E-state index is 0.132. The molecule has 1 amide bonds. The third-order valence-electron chi connectivity index (χ3n) is 4.33. The molecule has 144 valence electrons. The molecule has 28 heavy (non-hydrogen) atoms. The molecule has 1 unspecified atom stereocenters. The lowest BCUT2D eigenvalue weighted by Crippen LogP contribution is -2.24. The zero-order chi connectivity index (χ0) is 19.7. The summed E-state index contributed by atoms with van der Waals surface area (Å²) in [6.07, 6.45) is 3.89. The van der Waals surface area contributed by atoms with Gasteiger partial charge in [0.15, 0.2) is 5.58 Å². The number of hydrogen-bond acceptors (Lipinski definition) is 6. The second kappa shape index (κ2) is 7.73. The molecule has 0 aliphatic rings. The molecule has 0 radical (unpaired) electrons. The van der Waals surface area contributed by atoms with Gasteiger partial charge in [-0.15, -0.1) is 10.2 Å². The Morgan fingerprint density at radius 1 is 1.36 bits per heavy atom. The van der Waals surface area contributed by atoms with Crippen LogP contribution in [0, 0.1) is 0 Å². The van der Waals surface area contributed by atoms with E-state index < -0.39 is 0 Å². The van der Waals surface area contributed by atoms with Gasteiger partial charge >= 0.3 is 0 Å². The van der Waals surface area contributed by atoms with Gasteiger partial charge in [-0.3, -0.25) is 9.20 Å². The van der Waals surface area contributed by atoms with Crippen LogP contribution in [0.5, 0.6) is 5.75 Å². The van der Waals surface area contributed by atoms with E-state index in [-0.39, 0.29) is 11.2 Å². The number of amides is 1. The zero-order valence-corrected chi connectivity index (χ0v) is 16.8. The van der Waals surface area contributed by atoms with Gasteiger partial charge < -0.3 is 14.5 Å². The number of anilines is 1. The van der Waals surface area contributed by atoms with E-state index >= 15 is 0 Å². The first kappa shape index (κ1) is 18.6. The fraction of sp³-hybridized carbons (Fsp3) is 0.211. The summed E-state index contributed by atoms with van der Waals surface area (Å²) in [7, 11) is 1.54. The number of benzene rings is 1. The van der Waals surface area contributed by atoms with Gasteiger partial charge in [-0.2, -0.15) is 0 Å². The first-order valence-corrected chi connectivity index (χ1v) is 9.87. The van der Waals surface area contributed by atoms with E-state index in [1.807, 2.05) is 23.5 Å². The molecule has 3 heterocycles. The number of fused-ring (bicyclic) bond motifs is 3. The maximum absolute atomic E-state index is 12.8. The summed E-state index contributed by atoms with van der Waals surface area (Å²) in [5.41, 5.74) is 3.13. The highest BCUT2D eigenvalue weighted by molar-refractivity contribution is 8.00. The standard InChI is InChI=1S/C19H17ClN4O3S/c1-3-17(18(25)22-11-4-5-15(26-2)12(20)8-11)28-19-14-9-16-13(6-7-27-16)24(14)10-21-23-19/h4-10,17H,3H2,1-2H3,(H,22,25). The molecule has 0 aliphatic heterocycles. The highest BCUT2D eigenvalue weighted by Gasteiger charge is 2.22. The highest BCUT2D eigenvalue weighted by atomic mass is 35.5. The molecule has 4 rings (SSSR count). The van der Waals surface area contributed by atoms with Crippen LogP contribution in [0.15, 0.2) is 52.4 Å². The van der Waals surface area contributed by atoms with E-state index in [0.717, 1.165) is 16.6 Å². The molecule has 9 heteroatoms. The third-order valence-corrected chi connectivity index (χ3v) is 5.97. The van der Waals surface area contributed by atoms with Crippen LogP contribution < -0.4 is 10.1 Å². The predicted molar refractivity (Wildman–Crippen MR) is 109 cm³/mol. The van der Waals surface area contributed by atoms with Crippen molar-refractivity contribution >= 4 is 51.6 Å². The van der Waals surface area contributed by atoms with Gasteiger partial charge in [0.1, 0.15) is 17.1 Å². The normalized spacial score (nSPS) is 12.4. The Bertz CT molecular complexity index is 1160. The lowest BCUT2D eigenvalue weighted by molar-refractivity contribution is -0.115. The largest absolute Gasteiger partial charge is 0.495 e. The number of carbonyl (C=O) groups excluding carboxylic acids is 1. The number of hydrogen-bond donors (Lipinski definition) is 1. The average Bonchev–Trinajstić information content (AvgIpc) is 3.28. The average molecular weight is 417 g/mol. The van der Waals surface area contributed by atoms with E-state index in [1.54, 1.807) is 37.9 Å². The van der Waals surface area contributed by atoms with Crippen LogP contribution in [0.3, 0.4) is 0 Å². The molecule has 0 saturated carbocycles. The van der Waals surface area contributed by atoms with Crippen molar-refractivity contribution in [3.05, 3.63) is 47.9 Å². The summed E-state index contributed by atoms with van der Waals surface area (Å²) >= 11 is 7.51. The molecule has 3 aromatic heterocycles. The van der Waals surface area contributed by atoms with Crippen molar-refractivity contribution in [1.82, 2.24) is 14.6 Å². The van der Waals surface area contributed by atoms with E-state index in [2.05, 4.69) is 15.5 Å². The summed E-state index contributed by atoms with van der Waals surface area (Å²) in [5, 5.41) is 12.0. The highest BCUT2D eigenvalue weighted by Crippen LogP contribution is 2.32. The zero-order valence-electron chi connectivity index (χ0n) is 15.2. The smallest absolute Gasteiger partial charge is 0.237 e. The first-order valence-electron chi connectivity index (χ1n) is 8.61. The van der Waals surface area contributed by atoms with E-state index in [0.29, 0.717) is 27.9 Å². The van der Waals surface area contributed by atoms with Crippen molar-refractivity contribution in [1.29, 1.82) is 0 Å². The number of rotatable bonds is 6. The maximum atomic E-state index is 12.8. The number of thioether (sulfide) groups is 1. The number of furan rings is 1. The van der Waals surface area contributed by atoms with Crippen molar-refractivity contribution in [3.8, 4) is 5.75 Å². The van der Waals surface area contributed by atoms with Gasteiger partial charge in [0.2, 0.25) is 5.91 Å². The van der Waals surface area contributed by atoms with Gasteiger partial charge in [0.05, 0.1) is 34.7 Å². The molecule has 0 aliphatic carbocycles. The summed E-state index contributed by atoms with van der Waals surface area (Å²) in [6, 6.07) is 8.91. The Labute approximate surface area is 170 Å². The number of carbonyl (C=O) groups is 1. The fourth-order valence-electron chi connectivity index (χ4n) is 2.92. The molecule has 7 nitrogen and oxygen atoms in total. The summed E-state index contributed by atoms with van der Waals surface area (Å²) in [4.78, 5) is 12.8. The fourth-order valence-corrected chi connectivity index (χ4v) is 4.16. The number of nitrogens with zero attached hydrogens (tertiary/aromatic N) is 3. The van der Waals surface area contributed by atoms with Gasteiger partial charge in [-0.05, 0) is 24.6 Å². The number of methoxy groups -OCH3 is 1. The Hall–Kier alpha value is -2.71. The van der Waals surface area contributed by atoms with Crippen molar-refractivity contribution in [3.63, 3.8) is 0 Å². The predicted octanol–water partition coefficient (Wildman–Crippen LogP) is 4.65. The third kappa shape index (κ3) is 3.41. The van der Waals surface area contributed by atoms with Crippen LogP contribution in [0.4, 0.5) is 5.69 Å². The summed E-state index contributed by atoms with van der Waals surface area (Å²) in [6.45, 7) is 1.95. The van der Waals surface area contributed by atoms with Crippen LogP contribution in [0.2, 0.25) is 5.02 Å². The molecular weight excluding hydrogens is 400 g/mol. The molecule has 1 N–H and O–H groups in total. The molecule has 1 atom stereocenters. The second-order valence-corrected chi connectivity index (χ2v) is 7.66. The maximum Gasteiger partial charge on any atom is 0.237 e. The Morgan fingerprint density at radius 2 is 2.21 bits per heavy atom. The number of aromatic nitrogens is 3. The molecule has 0 spiro atoms. The Kier molecular flexibility index (Phi) is 5.15. The Morgan fingerprint density at radius 3 is 2.96 bits per heavy atom. The monoisotopic (exact) mass is 416 g/mol. The molecule has 4 aromatic rings. The van der Waals surface area contributed by atoms with Crippen molar-refractivity contribution in [2.45, 2.75) is 23.6 Å². The summed E-state index contributed by atoms with van der Waals surface area (Å²) in [5.74, 6) is 0.424. The van der Waals surface area contributed by atoms with E-state index in [9.17, 15) is 4.79 Å². The van der Waals surface area contributed by atoms with Gasteiger partial charge in [0, 0.05) is 17.8 Å². The van der Waals surface area contributed by atoms with Gasteiger partial charge in [-0.1, -0.05) is 30.3 Å². The minimum atomic E-state index is -0.345.